The van der Waals surface area contributed by atoms with Gasteiger partial charge in [0.15, 0.2) is 0 Å². The van der Waals surface area contributed by atoms with E-state index in [2.05, 4.69) is 6.92 Å². The van der Waals surface area contributed by atoms with Gasteiger partial charge in [0, 0.05) is 24.2 Å². The molecular formula is C23H34O6. The normalized spacial score (nSPS) is 51.3. The minimum atomic E-state index is -1.53. The van der Waals surface area contributed by atoms with Crippen molar-refractivity contribution in [3.63, 3.8) is 0 Å². The predicted molar refractivity (Wildman–Crippen MR) is 106 cm³/mol. The van der Waals surface area contributed by atoms with Gasteiger partial charge in [-0.1, -0.05) is 25.5 Å². The van der Waals surface area contributed by atoms with Gasteiger partial charge in [-0.15, -0.1) is 0 Å². The Kier molecular flexibility index (Phi) is 4.62. The van der Waals surface area contributed by atoms with E-state index in [1.807, 2.05) is 13.0 Å². The van der Waals surface area contributed by atoms with Crippen LogP contribution in [0.1, 0.15) is 72.6 Å². The van der Waals surface area contributed by atoms with E-state index in [1.54, 1.807) is 0 Å². The Morgan fingerprint density at radius 1 is 1.14 bits per heavy atom. The molecule has 3 fully saturated rings. The van der Waals surface area contributed by atoms with E-state index in [-0.39, 0.29) is 23.2 Å². The molecule has 4 aliphatic rings. The van der Waals surface area contributed by atoms with Crippen molar-refractivity contribution in [1.82, 2.24) is 0 Å². The molecule has 29 heavy (non-hydrogen) atoms. The lowest BCUT2D eigenvalue weighted by molar-refractivity contribution is -0.299. The Balaban J connectivity index is 1.87. The fraction of sp³-hybridized carbons (Fsp3) is 0.826. The number of hydrogen-bond donors (Lipinski definition) is 3. The van der Waals surface area contributed by atoms with E-state index in [1.165, 1.54) is 13.8 Å². The highest BCUT2D eigenvalue weighted by molar-refractivity contribution is 5.80. The van der Waals surface area contributed by atoms with Crippen molar-refractivity contribution in [3.8, 4) is 0 Å². The van der Waals surface area contributed by atoms with Crippen LogP contribution in [-0.2, 0) is 14.3 Å². The predicted octanol–water partition coefficient (Wildman–Crippen LogP) is 2.29. The summed E-state index contributed by atoms with van der Waals surface area (Å²) in [7, 11) is 0. The molecule has 0 spiro atoms. The van der Waals surface area contributed by atoms with Crippen molar-refractivity contribution < 1.29 is 29.6 Å². The number of esters is 1. The molecule has 0 heterocycles. The van der Waals surface area contributed by atoms with Crippen molar-refractivity contribution in [2.45, 2.75) is 96.1 Å². The molecule has 3 saturated carbocycles. The van der Waals surface area contributed by atoms with Crippen molar-refractivity contribution >= 4 is 11.8 Å². The SMILES string of the molecule is CC(=O)OC1C[C@@H]2[C@@]3(C)CCC(O)CC3=CC[C@@]2(O)[C@]2(O)CC[C@H](C(C)=O)[C@@]12C. The molecule has 6 nitrogen and oxygen atoms in total. The standard InChI is InChI=1S/C23H34O6/c1-13(24)17-7-10-23(28)21(17,4)19(29-14(2)25)12-18-20(3)8-6-16(26)11-15(20)5-9-22(18,23)27/h5,16-19,26-28H,6-12H2,1-4H3/t16?,17-,18-,19?,20+,21+,22+,23+/m1/s1. The maximum Gasteiger partial charge on any atom is 0.302 e. The topological polar surface area (TPSA) is 104 Å². The van der Waals surface area contributed by atoms with Crippen LogP contribution in [-0.4, -0.2) is 50.5 Å². The maximum atomic E-state index is 12.5. The summed E-state index contributed by atoms with van der Waals surface area (Å²) in [5.41, 5.74) is -3.22. The number of fused-ring (bicyclic) bond motifs is 5. The van der Waals surface area contributed by atoms with Gasteiger partial charge in [0.05, 0.1) is 6.10 Å². The van der Waals surface area contributed by atoms with Gasteiger partial charge in [-0.3, -0.25) is 9.59 Å². The van der Waals surface area contributed by atoms with Gasteiger partial charge < -0.3 is 20.1 Å². The number of rotatable bonds is 2. The molecule has 2 unspecified atom stereocenters. The second-order valence-electron chi connectivity index (χ2n) is 10.4. The first-order valence-electron chi connectivity index (χ1n) is 10.9. The third kappa shape index (κ3) is 2.52. The zero-order valence-electron chi connectivity index (χ0n) is 17.9. The van der Waals surface area contributed by atoms with Gasteiger partial charge >= 0.3 is 5.97 Å². The first-order chi connectivity index (χ1) is 13.4. The molecule has 4 rings (SSSR count). The van der Waals surface area contributed by atoms with Crippen LogP contribution in [0.4, 0.5) is 0 Å². The average molecular weight is 407 g/mol. The second-order valence-corrected chi connectivity index (χ2v) is 10.4. The molecule has 6 heteroatoms. The van der Waals surface area contributed by atoms with Crippen molar-refractivity contribution in [2.24, 2.45) is 22.7 Å². The quantitative estimate of drug-likeness (QED) is 0.480. The number of carbonyl (C=O) groups excluding carboxylic acids is 2. The van der Waals surface area contributed by atoms with Crippen LogP contribution in [0.25, 0.3) is 0 Å². The molecule has 0 aromatic heterocycles. The van der Waals surface area contributed by atoms with E-state index >= 15 is 0 Å². The molecule has 0 aromatic rings. The Labute approximate surface area is 172 Å². The lowest BCUT2D eigenvalue weighted by Crippen LogP contribution is -2.75. The molecule has 0 aliphatic heterocycles. The zero-order chi connectivity index (χ0) is 21.4. The summed E-state index contributed by atoms with van der Waals surface area (Å²) in [6, 6.07) is 0. The number of ether oxygens (including phenoxy) is 1. The van der Waals surface area contributed by atoms with Crippen LogP contribution in [0.2, 0.25) is 0 Å². The third-order valence-corrected chi connectivity index (χ3v) is 9.23. The number of Topliss-reactive ketones (excluding diaryl/α,β-unsaturated/α-hetero) is 1. The van der Waals surface area contributed by atoms with Gasteiger partial charge in [0.1, 0.15) is 23.1 Å². The third-order valence-electron chi connectivity index (χ3n) is 9.23. The summed E-state index contributed by atoms with van der Waals surface area (Å²) in [6.45, 7) is 6.80. The Hall–Kier alpha value is -1.24. The molecule has 0 saturated heterocycles. The van der Waals surface area contributed by atoms with Crippen LogP contribution >= 0.6 is 0 Å². The van der Waals surface area contributed by atoms with Crippen LogP contribution in [0.3, 0.4) is 0 Å². The van der Waals surface area contributed by atoms with E-state index in [9.17, 15) is 24.9 Å². The minimum Gasteiger partial charge on any atom is -0.462 e. The molecule has 0 aromatic carbocycles. The molecule has 3 N–H and O–H groups in total. The lowest BCUT2D eigenvalue weighted by Gasteiger charge is -2.66. The minimum absolute atomic E-state index is 0.0401. The molecule has 0 bridgehead atoms. The summed E-state index contributed by atoms with van der Waals surface area (Å²) < 4.78 is 5.76. The number of hydrogen-bond acceptors (Lipinski definition) is 6. The van der Waals surface area contributed by atoms with Crippen molar-refractivity contribution in [1.29, 1.82) is 0 Å². The Morgan fingerprint density at radius 2 is 1.83 bits per heavy atom. The lowest BCUT2D eigenvalue weighted by atomic mass is 9.43. The highest BCUT2D eigenvalue weighted by Gasteiger charge is 2.77. The average Bonchev–Trinajstić information content (AvgIpc) is 2.92. The highest BCUT2D eigenvalue weighted by atomic mass is 16.5. The van der Waals surface area contributed by atoms with Crippen LogP contribution in [0.5, 0.6) is 0 Å². The number of carbonyl (C=O) groups is 2. The first-order valence-corrected chi connectivity index (χ1v) is 10.9. The van der Waals surface area contributed by atoms with Crippen LogP contribution in [0, 0.1) is 22.7 Å². The largest absolute Gasteiger partial charge is 0.462 e. The van der Waals surface area contributed by atoms with Crippen LogP contribution < -0.4 is 0 Å². The summed E-state index contributed by atoms with van der Waals surface area (Å²) in [5.74, 6) is -1.25. The number of aliphatic hydroxyl groups excluding tert-OH is 1. The highest BCUT2D eigenvalue weighted by Crippen LogP contribution is 2.69. The van der Waals surface area contributed by atoms with E-state index in [0.29, 0.717) is 44.9 Å². The van der Waals surface area contributed by atoms with Crippen LogP contribution in [0.15, 0.2) is 11.6 Å². The van der Waals surface area contributed by atoms with E-state index < -0.39 is 34.6 Å². The van der Waals surface area contributed by atoms with Crippen molar-refractivity contribution in [3.05, 3.63) is 11.6 Å². The maximum absolute atomic E-state index is 12.5. The van der Waals surface area contributed by atoms with Gasteiger partial charge in [-0.2, -0.15) is 0 Å². The van der Waals surface area contributed by atoms with E-state index in [4.69, 9.17) is 4.74 Å². The second kappa shape index (κ2) is 6.38. The van der Waals surface area contributed by atoms with Gasteiger partial charge in [-0.25, -0.2) is 0 Å². The molecular weight excluding hydrogens is 372 g/mol. The number of aliphatic hydroxyl groups is 3. The first kappa shape index (κ1) is 21.0. The van der Waals surface area contributed by atoms with E-state index in [0.717, 1.165) is 5.57 Å². The summed E-state index contributed by atoms with van der Waals surface area (Å²) in [6.07, 6.45) is 4.39. The summed E-state index contributed by atoms with van der Waals surface area (Å²) >= 11 is 0. The molecule has 162 valence electrons. The smallest absolute Gasteiger partial charge is 0.302 e. The fourth-order valence-corrected chi connectivity index (χ4v) is 7.63. The fourth-order valence-electron chi connectivity index (χ4n) is 7.63. The van der Waals surface area contributed by atoms with Crippen molar-refractivity contribution in [2.75, 3.05) is 0 Å². The summed E-state index contributed by atoms with van der Waals surface area (Å²) in [5, 5.41) is 34.4. The molecule has 0 radical (unpaired) electrons. The molecule has 8 atom stereocenters. The Morgan fingerprint density at radius 3 is 2.45 bits per heavy atom. The zero-order valence-corrected chi connectivity index (χ0v) is 17.9. The van der Waals surface area contributed by atoms with Gasteiger partial charge in [0.2, 0.25) is 0 Å². The van der Waals surface area contributed by atoms with Gasteiger partial charge in [-0.05, 0) is 57.3 Å². The van der Waals surface area contributed by atoms with Gasteiger partial charge in [0.25, 0.3) is 0 Å². The molecule has 0 amide bonds. The molecule has 4 aliphatic carbocycles. The Bertz CT molecular complexity index is 775. The monoisotopic (exact) mass is 406 g/mol. The number of ketones is 1. The summed E-state index contributed by atoms with van der Waals surface area (Å²) in [4.78, 5) is 24.5.